The molecule has 3 rings (SSSR count). The van der Waals surface area contributed by atoms with Crippen molar-refractivity contribution in [2.45, 2.75) is 25.2 Å². The molecule has 0 radical (unpaired) electrons. The van der Waals surface area contributed by atoms with E-state index in [4.69, 9.17) is 0 Å². The van der Waals surface area contributed by atoms with Crippen molar-refractivity contribution in [2.24, 2.45) is 5.41 Å². The Morgan fingerprint density at radius 1 is 1.27 bits per heavy atom. The second-order valence-electron chi connectivity index (χ2n) is 4.86. The van der Waals surface area contributed by atoms with E-state index in [1.807, 2.05) is 12.1 Å². The van der Waals surface area contributed by atoms with Crippen LogP contribution < -0.4 is 10.0 Å². The summed E-state index contributed by atoms with van der Waals surface area (Å²) in [4.78, 5) is 0. The van der Waals surface area contributed by atoms with Gasteiger partial charge in [0, 0.05) is 24.6 Å². The average Bonchev–Trinajstić information content (AvgIpc) is 3.01. The molecule has 1 atom stereocenters. The van der Waals surface area contributed by atoms with Gasteiger partial charge in [0.05, 0.1) is 0 Å². The first-order chi connectivity index (χ1) is 7.30. The van der Waals surface area contributed by atoms with Crippen molar-refractivity contribution in [2.75, 3.05) is 13.1 Å². The van der Waals surface area contributed by atoms with Crippen molar-refractivity contribution in [3.8, 4) is 0 Å². The van der Waals surface area contributed by atoms with Crippen LogP contribution in [0.4, 0.5) is 0 Å². The van der Waals surface area contributed by atoms with Gasteiger partial charge in [0.25, 0.3) is 0 Å². The highest BCUT2D eigenvalue weighted by Crippen LogP contribution is 2.59. The van der Waals surface area contributed by atoms with Crippen LogP contribution in [0.15, 0.2) is 24.5 Å². The van der Waals surface area contributed by atoms with Gasteiger partial charge in [-0.05, 0) is 36.8 Å². The lowest BCUT2D eigenvalue weighted by Crippen LogP contribution is -2.36. The number of nitrogens with zero attached hydrogens (tertiary/aromatic N) is 1. The summed E-state index contributed by atoms with van der Waals surface area (Å²) in [5.74, 6) is 0.618. The summed E-state index contributed by atoms with van der Waals surface area (Å²) in [5.41, 5.74) is 1.90. The average molecular weight is 204 g/mol. The first-order valence-corrected chi connectivity index (χ1v) is 5.70. The number of piperidine rings is 1. The van der Waals surface area contributed by atoms with Crippen LogP contribution in [-0.4, -0.2) is 13.1 Å². The van der Waals surface area contributed by atoms with Gasteiger partial charge in [-0.1, -0.05) is 0 Å². The van der Waals surface area contributed by atoms with E-state index in [2.05, 4.69) is 5.32 Å². The van der Waals surface area contributed by atoms with E-state index >= 15 is 0 Å². The number of nitrogens with one attached hydrogen (secondary N) is 1. The van der Waals surface area contributed by atoms with E-state index in [9.17, 15) is 5.21 Å². The Morgan fingerprint density at radius 3 is 2.67 bits per heavy atom. The monoisotopic (exact) mass is 204 g/mol. The Kier molecular flexibility index (Phi) is 1.96. The minimum Gasteiger partial charge on any atom is -0.619 e. The van der Waals surface area contributed by atoms with Crippen LogP contribution in [0.5, 0.6) is 0 Å². The van der Waals surface area contributed by atoms with Gasteiger partial charge < -0.3 is 10.5 Å². The molecular weight excluding hydrogens is 188 g/mol. The van der Waals surface area contributed by atoms with Crippen LogP contribution >= 0.6 is 0 Å². The summed E-state index contributed by atoms with van der Waals surface area (Å²) in [7, 11) is 0. The molecule has 1 aromatic rings. The molecule has 0 bridgehead atoms. The largest absolute Gasteiger partial charge is 0.619 e. The molecule has 3 nitrogen and oxygen atoms in total. The number of aromatic nitrogens is 1. The number of hydrogen-bond donors (Lipinski definition) is 1. The maximum Gasteiger partial charge on any atom is 0.180 e. The predicted molar refractivity (Wildman–Crippen MR) is 57.3 cm³/mol. The molecule has 2 fully saturated rings. The van der Waals surface area contributed by atoms with Gasteiger partial charge in [-0.2, -0.15) is 4.73 Å². The molecule has 2 aliphatic rings. The van der Waals surface area contributed by atoms with Gasteiger partial charge in [0.1, 0.15) is 0 Å². The molecule has 0 aromatic carbocycles. The Morgan fingerprint density at radius 2 is 2.00 bits per heavy atom. The quantitative estimate of drug-likeness (QED) is 0.551. The first-order valence-electron chi connectivity index (χ1n) is 5.70. The van der Waals surface area contributed by atoms with E-state index in [1.165, 1.54) is 24.8 Å². The second kappa shape index (κ2) is 3.20. The molecule has 15 heavy (non-hydrogen) atoms. The Bertz CT molecular complexity index is 356. The standard InChI is InChI=1S/C12H16N2O/c15-14-7-1-10(2-8-14)11-9-13-6-5-12(11)3-4-12/h1-2,7-8,11,13H,3-6,9H2. The fourth-order valence-corrected chi connectivity index (χ4v) is 2.86. The van der Waals surface area contributed by atoms with Crippen LogP contribution in [0.2, 0.25) is 0 Å². The van der Waals surface area contributed by atoms with Gasteiger partial charge in [-0.3, -0.25) is 0 Å². The third kappa shape index (κ3) is 1.51. The summed E-state index contributed by atoms with van der Waals surface area (Å²) in [6.07, 6.45) is 7.25. The van der Waals surface area contributed by atoms with Gasteiger partial charge in [-0.25, -0.2) is 0 Å². The normalized spacial score (nSPS) is 27.9. The highest BCUT2D eigenvalue weighted by molar-refractivity contribution is 5.23. The zero-order valence-corrected chi connectivity index (χ0v) is 8.78. The molecule has 1 aromatic heterocycles. The van der Waals surface area contributed by atoms with Crippen molar-refractivity contribution in [1.29, 1.82) is 0 Å². The topological polar surface area (TPSA) is 39.0 Å². The zero-order valence-electron chi connectivity index (χ0n) is 8.78. The first kappa shape index (κ1) is 9.16. The summed E-state index contributed by atoms with van der Waals surface area (Å²) in [6.45, 7) is 2.23. The van der Waals surface area contributed by atoms with Crippen LogP contribution in [-0.2, 0) is 0 Å². The lowest BCUT2D eigenvalue weighted by atomic mass is 9.79. The summed E-state index contributed by atoms with van der Waals surface area (Å²) in [6, 6.07) is 3.95. The number of pyridine rings is 1. The van der Waals surface area contributed by atoms with Crippen LogP contribution in [0, 0.1) is 10.6 Å². The van der Waals surface area contributed by atoms with E-state index in [0.29, 0.717) is 11.3 Å². The SMILES string of the molecule is [O-][n+]1ccc(C2CNCCC23CC3)cc1. The molecule has 1 aliphatic heterocycles. The van der Waals surface area contributed by atoms with Crippen molar-refractivity contribution >= 4 is 0 Å². The minimum absolute atomic E-state index is 0.570. The molecule has 0 amide bonds. The third-order valence-corrected chi connectivity index (χ3v) is 4.01. The Labute approximate surface area is 89.7 Å². The smallest absolute Gasteiger partial charge is 0.180 e. The maximum atomic E-state index is 11.0. The molecule has 1 N–H and O–H groups in total. The van der Waals surface area contributed by atoms with Gasteiger partial charge in [0.2, 0.25) is 0 Å². The molecular formula is C12H16N2O. The zero-order chi connectivity index (χ0) is 10.3. The predicted octanol–water partition coefficient (Wildman–Crippen LogP) is 1.18. The fourth-order valence-electron chi connectivity index (χ4n) is 2.86. The third-order valence-electron chi connectivity index (χ3n) is 4.01. The maximum absolute atomic E-state index is 11.0. The summed E-state index contributed by atoms with van der Waals surface area (Å²) >= 11 is 0. The second-order valence-corrected chi connectivity index (χ2v) is 4.86. The molecule has 2 heterocycles. The molecule has 1 spiro atoms. The fraction of sp³-hybridized carbons (Fsp3) is 0.583. The highest BCUT2D eigenvalue weighted by Gasteiger charge is 2.50. The molecule has 1 saturated heterocycles. The Balaban J connectivity index is 1.89. The van der Waals surface area contributed by atoms with Gasteiger partial charge in [-0.15, -0.1) is 0 Å². The molecule has 1 unspecified atom stereocenters. The highest BCUT2D eigenvalue weighted by atomic mass is 16.5. The van der Waals surface area contributed by atoms with Crippen LogP contribution in [0.25, 0.3) is 0 Å². The number of rotatable bonds is 1. The molecule has 80 valence electrons. The summed E-state index contributed by atoms with van der Waals surface area (Å²) in [5, 5.41) is 14.4. The van der Waals surface area contributed by atoms with E-state index in [0.717, 1.165) is 17.8 Å². The molecule has 1 saturated carbocycles. The number of hydrogen-bond acceptors (Lipinski definition) is 2. The van der Waals surface area contributed by atoms with Crippen molar-refractivity contribution in [3.63, 3.8) is 0 Å². The van der Waals surface area contributed by atoms with E-state index in [1.54, 1.807) is 12.4 Å². The Hall–Kier alpha value is -1.09. The molecule has 1 aliphatic carbocycles. The van der Waals surface area contributed by atoms with Crippen LogP contribution in [0.3, 0.4) is 0 Å². The molecule has 3 heteroatoms. The lowest BCUT2D eigenvalue weighted by molar-refractivity contribution is -0.605. The summed E-state index contributed by atoms with van der Waals surface area (Å²) < 4.78 is 0.860. The van der Waals surface area contributed by atoms with Gasteiger partial charge in [0.15, 0.2) is 12.4 Å². The van der Waals surface area contributed by atoms with E-state index in [-0.39, 0.29) is 0 Å². The van der Waals surface area contributed by atoms with Gasteiger partial charge >= 0.3 is 0 Å². The van der Waals surface area contributed by atoms with Crippen LogP contribution in [0.1, 0.15) is 30.7 Å². The van der Waals surface area contributed by atoms with Crippen molar-refractivity contribution < 1.29 is 4.73 Å². The van der Waals surface area contributed by atoms with E-state index < -0.39 is 0 Å². The lowest BCUT2D eigenvalue weighted by Gasteiger charge is -2.32. The van der Waals surface area contributed by atoms with Crippen molar-refractivity contribution in [1.82, 2.24) is 5.32 Å². The minimum atomic E-state index is 0.570. The van der Waals surface area contributed by atoms with Crippen molar-refractivity contribution in [3.05, 3.63) is 35.3 Å².